The summed E-state index contributed by atoms with van der Waals surface area (Å²) >= 11 is 0. The number of aromatic nitrogens is 4. The fourth-order valence-corrected chi connectivity index (χ4v) is 2.57. The number of benzene rings is 1. The Morgan fingerprint density at radius 1 is 1.17 bits per heavy atom. The van der Waals surface area contributed by atoms with Crippen LogP contribution in [0.2, 0.25) is 0 Å². The van der Waals surface area contributed by atoms with Gasteiger partial charge in [0.05, 0.1) is 5.56 Å². The Bertz CT molecular complexity index is 1060. The largest absolute Gasteiger partial charge is 0.425 e. The molecule has 0 amide bonds. The van der Waals surface area contributed by atoms with E-state index in [1.807, 2.05) is 6.92 Å². The van der Waals surface area contributed by atoms with Gasteiger partial charge in [-0.2, -0.15) is 4.98 Å². The van der Waals surface area contributed by atoms with Crippen LogP contribution in [0.1, 0.15) is 17.3 Å². The van der Waals surface area contributed by atoms with Crippen LogP contribution in [0.25, 0.3) is 11.2 Å². The minimum Gasteiger partial charge on any atom is -0.425 e. The summed E-state index contributed by atoms with van der Waals surface area (Å²) in [6.07, 6.45) is 0.684. The van der Waals surface area contributed by atoms with Crippen LogP contribution in [0.5, 0.6) is 11.8 Å². The molecule has 124 valence electrons. The first-order valence-corrected chi connectivity index (χ1v) is 7.37. The zero-order valence-electron chi connectivity index (χ0n) is 13.5. The molecule has 0 saturated heterocycles. The standard InChI is InChI=1S/C16H16N4O4/c1-4-20-12-13(18(2)16(23)19(3)14(12)22)17-15(20)24-11-8-6-5-7-10(11)9-21/h5-9H,4H2,1-3H3. The monoisotopic (exact) mass is 328 g/mol. The van der Waals surface area contributed by atoms with E-state index in [-0.39, 0.29) is 17.2 Å². The van der Waals surface area contributed by atoms with Gasteiger partial charge in [0.1, 0.15) is 5.75 Å². The van der Waals surface area contributed by atoms with Crippen molar-refractivity contribution < 1.29 is 9.53 Å². The maximum atomic E-state index is 12.4. The normalized spacial score (nSPS) is 11.0. The number of imidazole rings is 1. The Labute approximate surface area is 136 Å². The third-order valence-electron chi connectivity index (χ3n) is 3.88. The number of carbonyl (C=O) groups excluding carboxylic acids is 1. The van der Waals surface area contributed by atoms with Gasteiger partial charge in [-0.25, -0.2) is 4.79 Å². The number of nitrogens with zero attached hydrogens (tertiary/aromatic N) is 4. The van der Waals surface area contributed by atoms with Gasteiger partial charge in [-0.15, -0.1) is 0 Å². The zero-order valence-corrected chi connectivity index (χ0v) is 13.5. The summed E-state index contributed by atoms with van der Waals surface area (Å²) in [5.74, 6) is 0.333. The van der Waals surface area contributed by atoms with Crippen molar-refractivity contribution in [3.63, 3.8) is 0 Å². The molecule has 0 saturated carbocycles. The molecule has 0 N–H and O–H groups in total. The number of hydrogen-bond donors (Lipinski definition) is 0. The summed E-state index contributed by atoms with van der Waals surface area (Å²) in [5.41, 5.74) is -0.0210. The molecule has 8 heteroatoms. The van der Waals surface area contributed by atoms with Crippen molar-refractivity contribution >= 4 is 17.5 Å². The molecule has 0 bridgehead atoms. The van der Waals surface area contributed by atoms with E-state index in [1.54, 1.807) is 35.9 Å². The van der Waals surface area contributed by atoms with Crippen molar-refractivity contribution in [1.82, 2.24) is 18.7 Å². The average molecular weight is 328 g/mol. The highest BCUT2D eigenvalue weighted by molar-refractivity contribution is 5.79. The van der Waals surface area contributed by atoms with Crippen molar-refractivity contribution in [2.75, 3.05) is 0 Å². The third kappa shape index (κ3) is 2.23. The molecule has 24 heavy (non-hydrogen) atoms. The quantitative estimate of drug-likeness (QED) is 0.668. The second-order valence-electron chi connectivity index (χ2n) is 5.27. The van der Waals surface area contributed by atoms with Crippen LogP contribution in [0.15, 0.2) is 33.9 Å². The molecule has 0 aliphatic rings. The highest BCUT2D eigenvalue weighted by atomic mass is 16.5. The van der Waals surface area contributed by atoms with Crippen LogP contribution in [0.4, 0.5) is 0 Å². The van der Waals surface area contributed by atoms with Crippen LogP contribution in [-0.2, 0) is 20.6 Å². The number of para-hydroxylation sites is 1. The van der Waals surface area contributed by atoms with E-state index in [1.165, 1.54) is 11.6 Å². The summed E-state index contributed by atoms with van der Waals surface area (Å²) in [7, 11) is 2.96. The van der Waals surface area contributed by atoms with Gasteiger partial charge in [-0.1, -0.05) is 12.1 Å². The molecule has 8 nitrogen and oxygen atoms in total. The summed E-state index contributed by atoms with van der Waals surface area (Å²) in [5, 5.41) is 0. The van der Waals surface area contributed by atoms with E-state index in [0.717, 1.165) is 4.57 Å². The highest BCUT2D eigenvalue weighted by Gasteiger charge is 2.20. The minimum absolute atomic E-state index is 0.153. The summed E-state index contributed by atoms with van der Waals surface area (Å²) in [6, 6.07) is 6.87. The SMILES string of the molecule is CCn1c(Oc2ccccc2C=O)nc2c1c(=O)n(C)c(=O)n2C. The second kappa shape index (κ2) is 5.80. The van der Waals surface area contributed by atoms with Gasteiger partial charge in [0.25, 0.3) is 5.56 Å². The lowest BCUT2D eigenvalue weighted by atomic mass is 10.2. The zero-order chi connectivity index (χ0) is 17.4. The molecule has 2 heterocycles. The van der Waals surface area contributed by atoms with Gasteiger partial charge in [0.15, 0.2) is 17.5 Å². The van der Waals surface area contributed by atoms with Crippen LogP contribution >= 0.6 is 0 Å². The van der Waals surface area contributed by atoms with E-state index in [2.05, 4.69) is 4.98 Å². The first kappa shape index (κ1) is 15.7. The van der Waals surface area contributed by atoms with Crippen molar-refractivity contribution in [2.24, 2.45) is 14.1 Å². The Kier molecular flexibility index (Phi) is 3.80. The molecule has 2 aromatic heterocycles. The molecular formula is C16H16N4O4. The van der Waals surface area contributed by atoms with E-state index in [4.69, 9.17) is 4.74 Å². The van der Waals surface area contributed by atoms with E-state index in [0.29, 0.717) is 24.1 Å². The summed E-state index contributed by atoms with van der Waals surface area (Å²) in [6.45, 7) is 2.26. The molecule has 0 aliphatic heterocycles. The molecule has 0 spiro atoms. The topological polar surface area (TPSA) is 88.1 Å². The highest BCUT2D eigenvalue weighted by Crippen LogP contribution is 2.25. The Morgan fingerprint density at radius 3 is 2.54 bits per heavy atom. The number of fused-ring (bicyclic) bond motifs is 1. The lowest BCUT2D eigenvalue weighted by Gasteiger charge is -2.08. The molecule has 0 aliphatic carbocycles. The van der Waals surface area contributed by atoms with Gasteiger partial charge in [-0.3, -0.25) is 23.3 Å². The van der Waals surface area contributed by atoms with Crippen LogP contribution in [0, 0.1) is 0 Å². The second-order valence-corrected chi connectivity index (χ2v) is 5.27. The predicted molar refractivity (Wildman–Crippen MR) is 87.8 cm³/mol. The molecule has 3 rings (SSSR count). The summed E-state index contributed by atoms with van der Waals surface area (Å²) < 4.78 is 9.66. The number of ether oxygens (including phenoxy) is 1. The Balaban J connectivity index is 2.28. The third-order valence-corrected chi connectivity index (χ3v) is 3.88. The van der Waals surface area contributed by atoms with Gasteiger partial charge in [0.2, 0.25) is 0 Å². The maximum Gasteiger partial charge on any atom is 0.332 e. The first-order chi connectivity index (χ1) is 11.5. The van der Waals surface area contributed by atoms with Gasteiger partial charge in [0, 0.05) is 20.6 Å². The number of aryl methyl sites for hydroxylation is 2. The lowest BCUT2D eigenvalue weighted by Crippen LogP contribution is -2.37. The summed E-state index contributed by atoms with van der Waals surface area (Å²) in [4.78, 5) is 39.9. The molecule has 0 unspecified atom stereocenters. The minimum atomic E-state index is -0.465. The fourth-order valence-electron chi connectivity index (χ4n) is 2.57. The number of aldehydes is 1. The predicted octanol–water partition coefficient (Wildman–Crippen LogP) is 1.06. The number of carbonyl (C=O) groups is 1. The Hall–Kier alpha value is -3.16. The first-order valence-electron chi connectivity index (χ1n) is 7.37. The average Bonchev–Trinajstić information content (AvgIpc) is 2.97. The molecular weight excluding hydrogens is 312 g/mol. The molecule has 1 aromatic carbocycles. The fraction of sp³-hybridized carbons (Fsp3) is 0.250. The van der Waals surface area contributed by atoms with E-state index < -0.39 is 11.2 Å². The van der Waals surface area contributed by atoms with Crippen molar-refractivity contribution in [3.8, 4) is 11.8 Å². The molecule has 0 atom stereocenters. The molecule has 0 fully saturated rings. The van der Waals surface area contributed by atoms with Crippen LogP contribution in [0.3, 0.4) is 0 Å². The van der Waals surface area contributed by atoms with Crippen LogP contribution in [-0.4, -0.2) is 25.0 Å². The Morgan fingerprint density at radius 2 is 1.88 bits per heavy atom. The smallest absolute Gasteiger partial charge is 0.332 e. The van der Waals surface area contributed by atoms with Gasteiger partial charge >= 0.3 is 11.7 Å². The molecule has 3 aromatic rings. The molecule has 0 radical (unpaired) electrons. The van der Waals surface area contributed by atoms with E-state index >= 15 is 0 Å². The number of rotatable bonds is 4. The van der Waals surface area contributed by atoms with Crippen molar-refractivity contribution in [1.29, 1.82) is 0 Å². The maximum absolute atomic E-state index is 12.4. The van der Waals surface area contributed by atoms with Crippen molar-refractivity contribution in [3.05, 3.63) is 50.7 Å². The van der Waals surface area contributed by atoms with Gasteiger partial charge < -0.3 is 4.74 Å². The number of hydrogen-bond acceptors (Lipinski definition) is 5. The van der Waals surface area contributed by atoms with Crippen molar-refractivity contribution in [2.45, 2.75) is 13.5 Å². The van der Waals surface area contributed by atoms with E-state index in [9.17, 15) is 14.4 Å². The van der Waals surface area contributed by atoms with Gasteiger partial charge in [-0.05, 0) is 19.1 Å². The lowest BCUT2D eigenvalue weighted by molar-refractivity contribution is 0.112. The van der Waals surface area contributed by atoms with Crippen LogP contribution < -0.4 is 16.0 Å².